The summed E-state index contributed by atoms with van der Waals surface area (Å²) in [5, 5.41) is 12.0. The fraction of sp³-hybridized carbons (Fsp3) is 0.724. The van der Waals surface area contributed by atoms with Gasteiger partial charge in [-0.3, -0.25) is 9.69 Å². The number of thiophene rings is 1. The van der Waals surface area contributed by atoms with E-state index < -0.39 is 17.8 Å². The molecule has 0 spiro atoms. The number of rotatable bonds is 9. The minimum Gasteiger partial charge on any atom is -0.465 e. The highest BCUT2D eigenvalue weighted by atomic mass is 32.1. The summed E-state index contributed by atoms with van der Waals surface area (Å²) in [7, 11) is 1.35. The molecule has 0 unspecified atom stereocenters. The Morgan fingerprint density at radius 1 is 1.10 bits per heavy atom. The van der Waals surface area contributed by atoms with Crippen molar-refractivity contribution in [2.75, 3.05) is 13.7 Å². The maximum absolute atomic E-state index is 13.7. The van der Waals surface area contributed by atoms with Crippen molar-refractivity contribution in [3.05, 3.63) is 33.5 Å². The molecule has 1 aliphatic carbocycles. The quantitative estimate of drug-likeness (QED) is 0.379. The van der Waals surface area contributed by atoms with Gasteiger partial charge in [0.05, 0.1) is 13.2 Å². The SMILES string of the molecule is COC(=O)c1ccc([C@H](CCN2[C@@H]3CC[C@H]2C[C@H](n2c(C)nnc2C(C)C)C3)NC(=O)C2CCC(F)(F)CC2)s1. The summed E-state index contributed by atoms with van der Waals surface area (Å²) in [4.78, 5) is 29.3. The minimum absolute atomic E-state index is 0.167. The minimum atomic E-state index is -2.67. The lowest BCUT2D eigenvalue weighted by Gasteiger charge is -2.40. The molecular weight excluding hydrogens is 536 g/mol. The Kier molecular flexibility index (Phi) is 8.61. The number of aryl methyl sites for hydroxylation is 1. The molecule has 8 nitrogen and oxygen atoms in total. The van der Waals surface area contributed by atoms with Crippen molar-refractivity contribution in [3.63, 3.8) is 0 Å². The van der Waals surface area contributed by atoms with Crippen LogP contribution in [0.1, 0.15) is 116 Å². The largest absolute Gasteiger partial charge is 0.465 e. The number of nitrogens with zero attached hydrogens (tertiary/aromatic N) is 4. The topological polar surface area (TPSA) is 89.3 Å². The Balaban J connectivity index is 1.27. The highest BCUT2D eigenvalue weighted by molar-refractivity contribution is 7.14. The number of aromatic nitrogens is 3. The third-order valence-electron chi connectivity index (χ3n) is 9.07. The summed E-state index contributed by atoms with van der Waals surface area (Å²) in [6, 6.07) is 4.62. The van der Waals surface area contributed by atoms with Gasteiger partial charge in [0.2, 0.25) is 11.8 Å². The van der Waals surface area contributed by atoms with E-state index in [1.54, 1.807) is 6.07 Å². The average molecular weight is 578 g/mol. The number of hydrogen-bond acceptors (Lipinski definition) is 7. The zero-order chi connectivity index (χ0) is 28.6. The molecule has 1 saturated carbocycles. The summed E-state index contributed by atoms with van der Waals surface area (Å²) < 4.78 is 34.6. The van der Waals surface area contributed by atoms with Gasteiger partial charge in [-0.25, -0.2) is 13.6 Å². The van der Waals surface area contributed by atoms with Crippen molar-refractivity contribution in [1.29, 1.82) is 0 Å². The van der Waals surface area contributed by atoms with Crippen LogP contribution in [0.3, 0.4) is 0 Å². The highest BCUT2D eigenvalue weighted by Gasteiger charge is 2.43. The summed E-state index contributed by atoms with van der Waals surface area (Å²) in [5.41, 5.74) is 0. The molecule has 3 aliphatic rings. The standard InChI is InChI=1S/C29H41F2N5O3S/c1-17(2)26-34-33-18(3)36(26)22-15-20-5-6-21(16-22)35(20)14-11-23(24-7-8-25(40-24)28(38)39-4)32-27(37)19-9-12-29(30,31)13-10-19/h7-8,17,19-23H,5-6,9-16H2,1-4H3,(H,32,37)/t20-,21+,22-,23-/m0/s1. The fourth-order valence-corrected chi connectivity index (χ4v) is 7.97. The van der Waals surface area contributed by atoms with Gasteiger partial charge in [0.15, 0.2) is 0 Å². The Morgan fingerprint density at radius 2 is 1.77 bits per heavy atom. The molecule has 0 radical (unpaired) electrons. The van der Waals surface area contributed by atoms with Gasteiger partial charge in [-0.15, -0.1) is 21.5 Å². The number of halogens is 2. The molecule has 1 N–H and O–H groups in total. The molecule has 2 aromatic rings. The second kappa shape index (κ2) is 11.8. The molecule has 3 fully saturated rings. The number of piperidine rings is 1. The van der Waals surface area contributed by atoms with Crippen LogP contribution in [0.5, 0.6) is 0 Å². The van der Waals surface area contributed by atoms with Crippen LogP contribution in [0.4, 0.5) is 8.78 Å². The number of ether oxygens (including phenoxy) is 1. The molecule has 2 saturated heterocycles. The van der Waals surface area contributed by atoms with E-state index in [2.05, 4.69) is 38.8 Å². The van der Waals surface area contributed by atoms with Crippen molar-refractivity contribution in [3.8, 4) is 0 Å². The number of nitrogens with one attached hydrogen (secondary N) is 1. The van der Waals surface area contributed by atoms with Crippen molar-refractivity contribution >= 4 is 23.2 Å². The molecule has 0 aromatic carbocycles. The molecule has 11 heteroatoms. The van der Waals surface area contributed by atoms with Crippen LogP contribution >= 0.6 is 11.3 Å². The molecule has 2 aliphatic heterocycles. The second-order valence-corrected chi connectivity index (χ2v) is 13.2. The molecule has 2 bridgehead atoms. The first-order valence-corrected chi connectivity index (χ1v) is 15.4. The Hall–Kier alpha value is -2.40. The first-order chi connectivity index (χ1) is 19.1. The normalized spacial score (nSPS) is 25.7. The first kappa shape index (κ1) is 29.1. The monoisotopic (exact) mass is 577 g/mol. The van der Waals surface area contributed by atoms with Crippen molar-refractivity contribution in [2.45, 2.75) is 115 Å². The van der Waals surface area contributed by atoms with E-state index in [1.165, 1.54) is 18.4 Å². The van der Waals surface area contributed by atoms with Gasteiger partial charge >= 0.3 is 5.97 Å². The zero-order valence-electron chi connectivity index (χ0n) is 23.9. The van der Waals surface area contributed by atoms with Crippen LogP contribution in [0.15, 0.2) is 12.1 Å². The maximum Gasteiger partial charge on any atom is 0.348 e. The number of alkyl halides is 2. The predicted octanol–water partition coefficient (Wildman–Crippen LogP) is 5.80. The number of carbonyl (C=O) groups is 2. The van der Waals surface area contributed by atoms with Crippen LogP contribution in [0, 0.1) is 12.8 Å². The molecule has 4 atom stereocenters. The Labute approximate surface area is 238 Å². The van der Waals surface area contributed by atoms with E-state index in [-0.39, 0.29) is 37.6 Å². The number of fused-ring (bicyclic) bond motifs is 2. The van der Waals surface area contributed by atoms with Gasteiger partial charge in [0.25, 0.3) is 0 Å². The first-order valence-electron chi connectivity index (χ1n) is 14.6. The summed E-state index contributed by atoms with van der Waals surface area (Å²) in [5.74, 6) is -1.30. The molecular formula is C29H41F2N5O3S. The van der Waals surface area contributed by atoms with Crippen LogP contribution < -0.4 is 5.32 Å². The predicted molar refractivity (Wildman–Crippen MR) is 149 cm³/mol. The van der Waals surface area contributed by atoms with E-state index in [4.69, 9.17) is 4.74 Å². The molecule has 5 rings (SSSR count). The van der Waals surface area contributed by atoms with Gasteiger partial charge in [-0.05, 0) is 64.0 Å². The average Bonchev–Trinajstić information content (AvgIpc) is 3.62. The van der Waals surface area contributed by atoms with Crippen LogP contribution in [-0.2, 0) is 9.53 Å². The van der Waals surface area contributed by atoms with Crippen LogP contribution in [-0.4, -0.2) is 63.2 Å². The van der Waals surface area contributed by atoms with Gasteiger partial charge in [-0.2, -0.15) is 0 Å². The molecule has 4 heterocycles. The smallest absolute Gasteiger partial charge is 0.348 e. The van der Waals surface area contributed by atoms with Crippen molar-refractivity contribution < 1.29 is 23.1 Å². The van der Waals surface area contributed by atoms with E-state index in [0.29, 0.717) is 35.3 Å². The highest BCUT2D eigenvalue weighted by Crippen LogP contribution is 2.43. The molecule has 220 valence electrons. The lowest BCUT2D eigenvalue weighted by molar-refractivity contribution is -0.130. The molecule has 2 aromatic heterocycles. The number of methoxy groups -OCH3 is 1. The number of hydrogen-bond donors (Lipinski definition) is 1. The summed E-state index contributed by atoms with van der Waals surface area (Å²) >= 11 is 1.33. The fourth-order valence-electron chi connectivity index (χ4n) is 6.96. The third kappa shape index (κ3) is 6.10. The van der Waals surface area contributed by atoms with Gasteiger partial charge in [-0.1, -0.05) is 13.8 Å². The van der Waals surface area contributed by atoms with E-state index in [0.717, 1.165) is 48.8 Å². The van der Waals surface area contributed by atoms with E-state index >= 15 is 0 Å². The lowest BCUT2D eigenvalue weighted by Crippen LogP contribution is -2.45. The van der Waals surface area contributed by atoms with E-state index in [9.17, 15) is 18.4 Å². The summed E-state index contributed by atoms with van der Waals surface area (Å²) in [6.07, 6.45) is 4.99. The second-order valence-electron chi connectivity index (χ2n) is 12.1. The number of esters is 1. The summed E-state index contributed by atoms with van der Waals surface area (Å²) in [6.45, 7) is 7.18. The molecule has 40 heavy (non-hydrogen) atoms. The lowest BCUT2D eigenvalue weighted by atomic mass is 9.86. The Bertz CT molecular complexity index is 1190. The van der Waals surface area contributed by atoms with E-state index in [1.807, 2.05) is 13.0 Å². The van der Waals surface area contributed by atoms with Gasteiger partial charge < -0.3 is 14.6 Å². The van der Waals surface area contributed by atoms with Gasteiger partial charge in [0.1, 0.15) is 16.5 Å². The Morgan fingerprint density at radius 3 is 2.40 bits per heavy atom. The molecule has 1 amide bonds. The zero-order valence-corrected chi connectivity index (χ0v) is 24.7. The third-order valence-corrected chi connectivity index (χ3v) is 10.2. The maximum atomic E-state index is 13.7. The van der Waals surface area contributed by atoms with Crippen molar-refractivity contribution in [2.24, 2.45) is 5.92 Å². The van der Waals surface area contributed by atoms with Crippen LogP contribution in [0.2, 0.25) is 0 Å². The van der Waals surface area contributed by atoms with Crippen LogP contribution in [0.25, 0.3) is 0 Å². The number of amides is 1. The van der Waals surface area contributed by atoms with Gasteiger partial charge in [0, 0.05) is 54.2 Å². The van der Waals surface area contributed by atoms with Crippen molar-refractivity contribution in [1.82, 2.24) is 25.0 Å². The number of carbonyl (C=O) groups excluding carboxylic acids is 2.